The lowest BCUT2D eigenvalue weighted by molar-refractivity contribution is -0.163. The van der Waals surface area contributed by atoms with Gasteiger partial charge in [0, 0.05) is 17.0 Å². The molecule has 6 atom stereocenters. The van der Waals surface area contributed by atoms with Crippen LogP contribution in [0.2, 0.25) is 0 Å². The minimum atomic E-state index is -1.46. The summed E-state index contributed by atoms with van der Waals surface area (Å²) in [5.74, 6) is 0.176. The van der Waals surface area contributed by atoms with Crippen molar-refractivity contribution in [2.24, 2.45) is 17.3 Å². The van der Waals surface area contributed by atoms with E-state index in [1.165, 1.54) is 0 Å². The fourth-order valence-electron chi connectivity index (χ4n) is 5.92. The van der Waals surface area contributed by atoms with Crippen molar-refractivity contribution in [1.82, 2.24) is 4.72 Å². The zero-order chi connectivity index (χ0) is 23.2. The van der Waals surface area contributed by atoms with Crippen molar-refractivity contribution in [2.75, 3.05) is 13.7 Å². The Morgan fingerprint density at radius 3 is 2.39 bits per heavy atom. The Labute approximate surface area is 197 Å². The number of hydrogen-bond acceptors (Lipinski definition) is 4. The monoisotopic (exact) mass is 513 g/mol. The summed E-state index contributed by atoms with van der Waals surface area (Å²) in [5.41, 5.74) is 0.372. The molecule has 174 valence electrons. The summed E-state index contributed by atoms with van der Waals surface area (Å²) in [6.45, 7) is 12.3. The number of hydrogen-bond donors (Lipinski definition) is 1. The lowest BCUT2D eigenvalue weighted by atomic mass is 9.56. The van der Waals surface area contributed by atoms with Crippen LogP contribution in [0, 0.1) is 17.3 Å². The number of carbonyl (C=O) groups excluding carboxylic acids is 1. The van der Waals surface area contributed by atoms with Gasteiger partial charge in [-0.3, -0.25) is 0 Å². The molecule has 1 saturated carbocycles. The number of rotatable bonds is 5. The second kappa shape index (κ2) is 8.88. The van der Waals surface area contributed by atoms with Crippen molar-refractivity contribution in [1.29, 1.82) is 0 Å². The molecule has 2 aliphatic carbocycles. The number of halogens is 1. The molecule has 31 heavy (non-hydrogen) atoms. The van der Waals surface area contributed by atoms with Gasteiger partial charge in [-0.2, -0.15) is 0 Å². The van der Waals surface area contributed by atoms with Crippen LogP contribution in [-0.2, 0) is 37.2 Å². The first-order valence-electron chi connectivity index (χ1n) is 11.1. The number of methoxy groups -OCH3 is 1. The lowest BCUT2D eigenvalue weighted by Gasteiger charge is -2.52. The second-order valence-corrected chi connectivity index (χ2v) is 13.2. The van der Waals surface area contributed by atoms with E-state index in [-0.39, 0.29) is 30.5 Å². The molecule has 0 heterocycles. The highest BCUT2D eigenvalue weighted by Crippen LogP contribution is 2.61. The van der Waals surface area contributed by atoms with Crippen molar-refractivity contribution in [3.63, 3.8) is 0 Å². The maximum atomic E-state index is 13.9. The van der Waals surface area contributed by atoms with Crippen molar-refractivity contribution < 1.29 is 18.5 Å². The third-order valence-electron chi connectivity index (χ3n) is 7.00. The molecule has 1 N–H and O–H groups in total. The van der Waals surface area contributed by atoms with E-state index in [2.05, 4.69) is 40.6 Å². The van der Waals surface area contributed by atoms with Gasteiger partial charge in [-0.25, -0.2) is 13.7 Å². The van der Waals surface area contributed by atoms with Gasteiger partial charge in [0.1, 0.15) is 0 Å². The fraction of sp³-hybridized carbons (Fsp3) is 0.708. The van der Waals surface area contributed by atoms with Gasteiger partial charge in [-0.15, -0.1) is 0 Å². The molecule has 7 heteroatoms. The van der Waals surface area contributed by atoms with Gasteiger partial charge in [0.05, 0.1) is 28.4 Å². The molecule has 1 aromatic rings. The van der Waals surface area contributed by atoms with Crippen LogP contribution in [0.4, 0.5) is 0 Å². The number of esters is 1. The van der Waals surface area contributed by atoms with Gasteiger partial charge in [-0.1, -0.05) is 35.8 Å². The summed E-state index contributed by atoms with van der Waals surface area (Å²) in [7, 11) is 0.303. The summed E-state index contributed by atoms with van der Waals surface area (Å²) in [4.78, 5) is 13.9. The van der Waals surface area contributed by atoms with Gasteiger partial charge in [0.25, 0.3) is 0 Å². The van der Waals surface area contributed by atoms with Gasteiger partial charge in [0.15, 0.2) is 5.54 Å². The first-order valence-corrected chi connectivity index (χ1v) is 13.0. The van der Waals surface area contributed by atoms with E-state index in [9.17, 15) is 9.00 Å². The number of nitrogens with one attached hydrogen (secondary N) is 1. The summed E-state index contributed by atoms with van der Waals surface area (Å²) >= 11 is 3.59. The fourth-order valence-corrected chi connectivity index (χ4v) is 7.28. The van der Waals surface area contributed by atoms with Crippen LogP contribution in [0.1, 0.15) is 65.5 Å². The normalized spacial score (nSPS) is 33.9. The van der Waals surface area contributed by atoms with Crippen molar-refractivity contribution in [2.45, 2.75) is 77.2 Å². The first kappa shape index (κ1) is 24.9. The second-order valence-electron chi connectivity index (χ2n) is 10.3. The first-order chi connectivity index (χ1) is 14.4. The predicted octanol–water partition coefficient (Wildman–Crippen LogP) is 4.88. The van der Waals surface area contributed by atoms with E-state index in [1.807, 2.05) is 39.8 Å². The van der Waals surface area contributed by atoms with E-state index in [1.54, 1.807) is 7.11 Å². The molecule has 0 aliphatic heterocycles. The quantitative estimate of drug-likeness (QED) is 0.569. The number of carbonyl (C=O) groups is 1. The Hall–Kier alpha value is -0.760. The van der Waals surface area contributed by atoms with Crippen LogP contribution in [-0.4, -0.2) is 34.7 Å². The van der Waals surface area contributed by atoms with Crippen LogP contribution in [0.15, 0.2) is 22.7 Å². The molecule has 0 radical (unpaired) electrons. The van der Waals surface area contributed by atoms with Crippen molar-refractivity contribution >= 4 is 32.9 Å². The molecule has 0 saturated heterocycles. The molecule has 1 spiro atoms. The number of fused-ring (bicyclic) bond motifs is 1. The maximum Gasteiger partial charge on any atom is 0.332 e. The van der Waals surface area contributed by atoms with Gasteiger partial charge < -0.3 is 9.47 Å². The summed E-state index contributed by atoms with van der Waals surface area (Å²) in [6, 6.07) is 6.11. The number of benzene rings is 1. The van der Waals surface area contributed by atoms with E-state index in [0.717, 1.165) is 34.9 Å². The molecular weight excluding hydrogens is 478 g/mol. The Morgan fingerprint density at radius 1 is 1.26 bits per heavy atom. The minimum Gasteiger partial charge on any atom is -0.464 e. The molecule has 3 rings (SSSR count). The lowest BCUT2D eigenvalue weighted by Crippen LogP contribution is -2.64. The third-order valence-corrected chi connectivity index (χ3v) is 9.10. The smallest absolute Gasteiger partial charge is 0.332 e. The summed E-state index contributed by atoms with van der Waals surface area (Å²) < 4.78 is 28.8. The zero-order valence-corrected chi connectivity index (χ0v) is 22.1. The molecule has 0 aromatic heterocycles. The average Bonchev–Trinajstić information content (AvgIpc) is 2.90. The van der Waals surface area contributed by atoms with Crippen LogP contribution in [0.3, 0.4) is 0 Å². The standard InChI is InChI=1S/C24H36BrNO4S/c1-8-30-21(27)24(26-31(28)22(4,5)6)19-11-18(25)10-9-17(19)14-23(24)12-15(2)20(29-7)16(3)13-23/h9-11,15-16,20,26H,8,12-14H2,1-7H3/t15-,16+,20?,23?,24-,31-/m1/s1. The number of ether oxygens (including phenoxy) is 2. The highest BCUT2D eigenvalue weighted by atomic mass is 79.9. The SMILES string of the molecule is CCOC(=O)[C@]1(N[S@](=O)C(C)(C)C)c2cc(Br)ccc2CC12C[C@@H](C)C(OC)[C@@H](C)C2. The van der Waals surface area contributed by atoms with Crippen molar-refractivity contribution in [3.05, 3.63) is 33.8 Å². The largest absolute Gasteiger partial charge is 0.464 e. The molecule has 5 nitrogen and oxygen atoms in total. The molecule has 2 unspecified atom stereocenters. The molecule has 0 bridgehead atoms. The predicted molar refractivity (Wildman–Crippen MR) is 128 cm³/mol. The molecule has 1 fully saturated rings. The third kappa shape index (κ3) is 4.16. The van der Waals surface area contributed by atoms with Crippen LogP contribution >= 0.6 is 15.9 Å². The maximum absolute atomic E-state index is 13.9. The van der Waals surface area contributed by atoms with Crippen LogP contribution in [0.5, 0.6) is 0 Å². The summed E-state index contributed by atoms with van der Waals surface area (Å²) in [5, 5.41) is 0. The molecule has 2 aliphatic rings. The highest BCUT2D eigenvalue weighted by molar-refractivity contribution is 9.10. The van der Waals surface area contributed by atoms with Gasteiger partial charge in [0.2, 0.25) is 0 Å². The van der Waals surface area contributed by atoms with E-state index < -0.39 is 26.7 Å². The van der Waals surface area contributed by atoms with E-state index in [4.69, 9.17) is 9.47 Å². The Bertz CT molecular complexity index is 856. The highest BCUT2D eigenvalue weighted by Gasteiger charge is 2.66. The Kier molecular flexibility index (Phi) is 7.13. The van der Waals surface area contributed by atoms with Crippen LogP contribution in [0.25, 0.3) is 0 Å². The van der Waals surface area contributed by atoms with Crippen molar-refractivity contribution in [3.8, 4) is 0 Å². The average molecular weight is 515 g/mol. The molecular formula is C24H36BrNO4S. The van der Waals surface area contributed by atoms with E-state index >= 15 is 0 Å². The Balaban J connectivity index is 2.26. The van der Waals surface area contributed by atoms with E-state index in [0.29, 0.717) is 0 Å². The summed E-state index contributed by atoms with van der Waals surface area (Å²) in [6.07, 6.45) is 2.45. The van der Waals surface area contributed by atoms with Gasteiger partial charge >= 0.3 is 5.97 Å². The minimum absolute atomic E-state index is 0.133. The Morgan fingerprint density at radius 2 is 1.87 bits per heavy atom. The van der Waals surface area contributed by atoms with Crippen LogP contribution < -0.4 is 4.72 Å². The zero-order valence-electron chi connectivity index (χ0n) is 19.7. The van der Waals surface area contributed by atoms with Gasteiger partial charge in [-0.05, 0) is 82.1 Å². The topological polar surface area (TPSA) is 64.6 Å². The molecule has 0 amide bonds. The molecule has 1 aromatic carbocycles.